The highest BCUT2D eigenvalue weighted by atomic mass is 16.5. The Morgan fingerprint density at radius 2 is 1.71 bits per heavy atom. The normalized spacial score (nSPS) is 13.9. The fraction of sp³-hybridized carbons (Fsp3) is 0.167. The van der Waals surface area contributed by atoms with Crippen LogP contribution in [0.5, 0.6) is 5.75 Å². The molecular weight excluding hydrogens is 262 g/mol. The fourth-order valence-corrected chi connectivity index (χ4v) is 2.42. The third-order valence-electron chi connectivity index (χ3n) is 3.80. The van der Waals surface area contributed by atoms with Crippen molar-refractivity contribution in [2.75, 3.05) is 7.11 Å². The molecule has 0 aliphatic heterocycles. The molecule has 0 radical (unpaired) electrons. The molecule has 0 unspecified atom stereocenters. The summed E-state index contributed by atoms with van der Waals surface area (Å²) in [4.78, 5) is 4.42. The van der Waals surface area contributed by atoms with Crippen molar-refractivity contribution in [3.05, 3.63) is 71.9 Å². The van der Waals surface area contributed by atoms with E-state index >= 15 is 0 Å². The quantitative estimate of drug-likeness (QED) is 0.798. The number of hydrogen-bond acceptors (Lipinski definition) is 3. The third-order valence-corrected chi connectivity index (χ3v) is 3.80. The van der Waals surface area contributed by atoms with E-state index in [-0.39, 0.29) is 0 Å². The maximum atomic E-state index is 10.9. The molecule has 21 heavy (non-hydrogen) atoms. The van der Waals surface area contributed by atoms with E-state index in [1.54, 1.807) is 20.2 Å². The predicted molar refractivity (Wildman–Crippen MR) is 83.4 cm³/mol. The van der Waals surface area contributed by atoms with Crippen molar-refractivity contribution in [1.82, 2.24) is 4.98 Å². The van der Waals surface area contributed by atoms with Crippen LogP contribution in [0.2, 0.25) is 0 Å². The number of ether oxygens (including phenoxy) is 1. The second kappa shape index (κ2) is 5.19. The molecule has 3 aromatic rings. The van der Waals surface area contributed by atoms with E-state index in [0.717, 1.165) is 27.8 Å². The van der Waals surface area contributed by atoms with Gasteiger partial charge in [-0.25, -0.2) is 0 Å². The second-order valence-corrected chi connectivity index (χ2v) is 5.22. The van der Waals surface area contributed by atoms with Gasteiger partial charge in [-0.05, 0) is 36.8 Å². The lowest BCUT2D eigenvalue weighted by Crippen LogP contribution is -2.22. The van der Waals surface area contributed by atoms with Crippen LogP contribution in [-0.2, 0) is 5.60 Å². The maximum Gasteiger partial charge on any atom is 0.118 e. The molecule has 2 aromatic carbocycles. The number of para-hydroxylation sites is 1. The lowest BCUT2D eigenvalue weighted by Gasteiger charge is -2.24. The van der Waals surface area contributed by atoms with E-state index in [0.29, 0.717) is 0 Å². The molecule has 1 atom stereocenters. The van der Waals surface area contributed by atoms with Crippen LogP contribution >= 0.6 is 0 Å². The van der Waals surface area contributed by atoms with Gasteiger partial charge in [-0.3, -0.25) is 4.98 Å². The molecule has 0 aliphatic carbocycles. The topological polar surface area (TPSA) is 42.4 Å². The van der Waals surface area contributed by atoms with Gasteiger partial charge in [0, 0.05) is 17.1 Å². The van der Waals surface area contributed by atoms with Gasteiger partial charge in [0.05, 0.1) is 12.6 Å². The van der Waals surface area contributed by atoms with E-state index in [1.165, 1.54) is 0 Å². The minimum absolute atomic E-state index is 0.770. The van der Waals surface area contributed by atoms with Crippen molar-refractivity contribution in [2.24, 2.45) is 0 Å². The van der Waals surface area contributed by atoms with Crippen molar-refractivity contribution in [3.8, 4) is 5.75 Å². The average molecular weight is 279 g/mol. The van der Waals surface area contributed by atoms with Crippen molar-refractivity contribution < 1.29 is 9.84 Å². The van der Waals surface area contributed by atoms with Crippen molar-refractivity contribution in [1.29, 1.82) is 0 Å². The molecule has 0 saturated heterocycles. The van der Waals surface area contributed by atoms with Crippen LogP contribution in [0.1, 0.15) is 18.1 Å². The molecule has 1 N–H and O–H groups in total. The Kier molecular flexibility index (Phi) is 3.35. The van der Waals surface area contributed by atoms with Gasteiger partial charge in [0.25, 0.3) is 0 Å². The van der Waals surface area contributed by atoms with Gasteiger partial charge >= 0.3 is 0 Å². The predicted octanol–water partition coefficient (Wildman–Crippen LogP) is 3.50. The molecular formula is C18H17NO2. The lowest BCUT2D eigenvalue weighted by molar-refractivity contribution is 0.102. The Bertz CT molecular complexity index is 764. The van der Waals surface area contributed by atoms with Gasteiger partial charge in [0.15, 0.2) is 0 Å². The summed E-state index contributed by atoms with van der Waals surface area (Å²) in [5.74, 6) is 0.770. The lowest BCUT2D eigenvalue weighted by atomic mass is 9.88. The van der Waals surface area contributed by atoms with Crippen LogP contribution in [-0.4, -0.2) is 17.2 Å². The number of benzene rings is 2. The smallest absolute Gasteiger partial charge is 0.118 e. The molecule has 0 aliphatic rings. The number of aromatic nitrogens is 1. The van der Waals surface area contributed by atoms with E-state index in [9.17, 15) is 5.11 Å². The summed E-state index contributed by atoms with van der Waals surface area (Å²) in [6.45, 7) is 1.78. The molecule has 3 nitrogen and oxygen atoms in total. The Hall–Kier alpha value is -2.39. The zero-order valence-electron chi connectivity index (χ0n) is 12.1. The van der Waals surface area contributed by atoms with Gasteiger partial charge in [-0.15, -0.1) is 0 Å². The van der Waals surface area contributed by atoms with E-state index < -0.39 is 5.60 Å². The Labute approximate surface area is 123 Å². The second-order valence-electron chi connectivity index (χ2n) is 5.22. The van der Waals surface area contributed by atoms with Crippen LogP contribution < -0.4 is 4.74 Å². The number of nitrogens with zero attached hydrogens (tertiary/aromatic N) is 1. The number of methoxy groups -OCH3 is 1. The average Bonchev–Trinajstić information content (AvgIpc) is 2.54. The summed E-state index contributed by atoms with van der Waals surface area (Å²) in [6.07, 6.45) is 1.73. The number of aliphatic hydroxyl groups is 1. The SMILES string of the molecule is COc1ccc([C@@](C)(O)c2cnc3ccccc3c2)cc1. The monoisotopic (exact) mass is 279 g/mol. The summed E-state index contributed by atoms with van der Waals surface area (Å²) in [6, 6.07) is 17.3. The Balaban J connectivity index is 2.05. The van der Waals surface area contributed by atoms with Crippen LogP contribution in [0.3, 0.4) is 0 Å². The molecule has 1 heterocycles. The summed E-state index contributed by atoms with van der Waals surface area (Å²) in [5, 5.41) is 11.9. The summed E-state index contributed by atoms with van der Waals surface area (Å²) in [5.41, 5.74) is 1.40. The van der Waals surface area contributed by atoms with E-state index in [2.05, 4.69) is 4.98 Å². The molecule has 106 valence electrons. The van der Waals surface area contributed by atoms with E-state index in [4.69, 9.17) is 4.74 Å². The highest BCUT2D eigenvalue weighted by Gasteiger charge is 2.26. The maximum absolute atomic E-state index is 10.9. The molecule has 0 fully saturated rings. The van der Waals surface area contributed by atoms with Crippen molar-refractivity contribution in [3.63, 3.8) is 0 Å². The third kappa shape index (κ3) is 2.48. The fourth-order valence-electron chi connectivity index (χ4n) is 2.42. The van der Waals surface area contributed by atoms with Gasteiger partial charge < -0.3 is 9.84 Å². The molecule has 3 heteroatoms. The Morgan fingerprint density at radius 3 is 2.43 bits per heavy atom. The van der Waals surface area contributed by atoms with E-state index in [1.807, 2.05) is 54.6 Å². The first kappa shape index (κ1) is 13.6. The summed E-state index contributed by atoms with van der Waals surface area (Å²) >= 11 is 0. The van der Waals surface area contributed by atoms with Gasteiger partial charge in [-0.1, -0.05) is 30.3 Å². The highest BCUT2D eigenvalue weighted by molar-refractivity contribution is 5.79. The van der Waals surface area contributed by atoms with Crippen LogP contribution in [0.25, 0.3) is 10.9 Å². The van der Waals surface area contributed by atoms with Crippen molar-refractivity contribution in [2.45, 2.75) is 12.5 Å². The first-order valence-corrected chi connectivity index (χ1v) is 6.83. The van der Waals surface area contributed by atoms with Crippen LogP contribution in [0, 0.1) is 0 Å². The number of hydrogen-bond donors (Lipinski definition) is 1. The first-order valence-electron chi connectivity index (χ1n) is 6.83. The van der Waals surface area contributed by atoms with Gasteiger partial charge in [-0.2, -0.15) is 0 Å². The molecule has 0 spiro atoms. The molecule has 0 bridgehead atoms. The standard InChI is InChI=1S/C18H17NO2/c1-18(20,14-7-9-16(21-2)10-8-14)15-11-13-5-3-4-6-17(13)19-12-15/h3-12,20H,1-2H3/t18-/m1/s1. The molecule has 0 amide bonds. The number of rotatable bonds is 3. The zero-order chi connectivity index (χ0) is 14.9. The molecule has 0 saturated carbocycles. The Morgan fingerprint density at radius 1 is 1.00 bits per heavy atom. The summed E-state index contributed by atoms with van der Waals surface area (Å²) in [7, 11) is 1.63. The first-order chi connectivity index (χ1) is 10.1. The highest BCUT2D eigenvalue weighted by Crippen LogP contribution is 2.31. The molecule has 3 rings (SSSR count). The largest absolute Gasteiger partial charge is 0.497 e. The van der Waals surface area contributed by atoms with Crippen molar-refractivity contribution >= 4 is 10.9 Å². The van der Waals surface area contributed by atoms with Gasteiger partial charge in [0.2, 0.25) is 0 Å². The number of pyridine rings is 1. The zero-order valence-corrected chi connectivity index (χ0v) is 12.1. The molecule has 1 aromatic heterocycles. The van der Waals surface area contributed by atoms with Crippen LogP contribution in [0.4, 0.5) is 0 Å². The number of fused-ring (bicyclic) bond motifs is 1. The van der Waals surface area contributed by atoms with Crippen LogP contribution in [0.15, 0.2) is 60.8 Å². The summed E-state index contributed by atoms with van der Waals surface area (Å²) < 4.78 is 5.15. The minimum atomic E-state index is -1.09. The minimum Gasteiger partial charge on any atom is -0.497 e. The van der Waals surface area contributed by atoms with Gasteiger partial charge in [0.1, 0.15) is 11.4 Å².